The van der Waals surface area contributed by atoms with Crippen molar-refractivity contribution < 1.29 is 18.8 Å². The molecule has 10 nitrogen and oxygen atoms in total. The van der Waals surface area contributed by atoms with Gasteiger partial charge in [0.05, 0.1) is 19.8 Å². The summed E-state index contributed by atoms with van der Waals surface area (Å²) in [6.07, 6.45) is 3.50. The standard InChI is InChI=1S/C17H15Cl2IN6O4/c18-12-2-1-11(5-13(12)19)29-9-15(27)21-3-4-22-16(28)17-24-14(25-30-17)8-26-7-10(20)6-23-26/h1-2,5-7H,3-4,8-9H2,(H,21,27)(H,22,28). The van der Waals surface area contributed by atoms with Gasteiger partial charge in [0.15, 0.2) is 12.4 Å². The summed E-state index contributed by atoms with van der Waals surface area (Å²) >= 11 is 13.8. The van der Waals surface area contributed by atoms with E-state index >= 15 is 0 Å². The molecule has 0 saturated carbocycles. The molecule has 0 unspecified atom stereocenters. The van der Waals surface area contributed by atoms with Crippen molar-refractivity contribution in [3.05, 3.63) is 55.9 Å². The largest absolute Gasteiger partial charge is 0.484 e. The third kappa shape index (κ3) is 6.57. The third-order valence-corrected chi connectivity index (χ3v) is 4.86. The summed E-state index contributed by atoms with van der Waals surface area (Å²) in [7, 11) is 0. The lowest BCUT2D eigenvalue weighted by Crippen LogP contribution is -2.36. The van der Waals surface area contributed by atoms with Crippen LogP contribution in [-0.4, -0.2) is 51.4 Å². The molecule has 0 aliphatic carbocycles. The van der Waals surface area contributed by atoms with E-state index in [1.54, 1.807) is 23.0 Å². The molecular weight excluding hydrogens is 550 g/mol. The Hall–Kier alpha value is -2.38. The van der Waals surface area contributed by atoms with Crippen molar-refractivity contribution in [2.75, 3.05) is 19.7 Å². The Morgan fingerprint density at radius 3 is 2.73 bits per heavy atom. The van der Waals surface area contributed by atoms with Gasteiger partial charge in [-0.3, -0.25) is 14.3 Å². The molecule has 0 bridgehead atoms. The van der Waals surface area contributed by atoms with Crippen LogP contribution < -0.4 is 15.4 Å². The van der Waals surface area contributed by atoms with Gasteiger partial charge in [-0.15, -0.1) is 0 Å². The minimum absolute atomic E-state index is 0.166. The van der Waals surface area contributed by atoms with Crippen LogP contribution >= 0.6 is 45.8 Å². The number of nitrogens with one attached hydrogen (secondary N) is 2. The summed E-state index contributed by atoms with van der Waals surface area (Å²) in [5, 5.41) is 13.8. The lowest BCUT2D eigenvalue weighted by molar-refractivity contribution is -0.123. The van der Waals surface area contributed by atoms with Crippen molar-refractivity contribution in [1.29, 1.82) is 0 Å². The number of halogens is 3. The highest BCUT2D eigenvalue weighted by atomic mass is 127. The van der Waals surface area contributed by atoms with Gasteiger partial charge < -0.3 is 19.9 Å². The number of amides is 2. The van der Waals surface area contributed by atoms with E-state index in [9.17, 15) is 9.59 Å². The molecule has 158 valence electrons. The predicted molar refractivity (Wildman–Crippen MR) is 116 cm³/mol. The predicted octanol–water partition coefficient (Wildman–Crippen LogP) is 2.15. The molecule has 3 aromatic rings. The number of carbonyl (C=O) groups excluding carboxylic acids is 2. The number of carbonyl (C=O) groups is 2. The van der Waals surface area contributed by atoms with Gasteiger partial charge in [-0.05, 0) is 34.7 Å². The number of hydrogen-bond donors (Lipinski definition) is 2. The maximum Gasteiger partial charge on any atom is 0.316 e. The summed E-state index contributed by atoms with van der Waals surface area (Å²) in [6, 6.07) is 4.70. The first-order valence-corrected chi connectivity index (χ1v) is 10.4. The fourth-order valence-corrected chi connectivity index (χ4v) is 2.93. The zero-order valence-electron chi connectivity index (χ0n) is 15.3. The number of benzene rings is 1. The lowest BCUT2D eigenvalue weighted by Gasteiger charge is -2.08. The Morgan fingerprint density at radius 1 is 1.20 bits per heavy atom. The molecule has 13 heteroatoms. The fraction of sp³-hybridized carbons (Fsp3) is 0.235. The van der Waals surface area contributed by atoms with Crippen LogP contribution in [0, 0.1) is 3.57 Å². The second kappa shape index (κ2) is 10.6. The summed E-state index contributed by atoms with van der Waals surface area (Å²) in [4.78, 5) is 27.9. The summed E-state index contributed by atoms with van der Waals surface area (Å²) in [5.74, 6) is -0.312. The summed E-state index contributed by atoms with van der Waals surface area (Å²) in [5.41, 5.74) is 0. The molecule has 30 heavy (non-hydrogen) atoms. The zero-order valence-corrected chi connectivity index (χ0v) is 18.9. The Bertz CT molecular complexity index is 1040. The molecule has 0 aliphatic heterocycles. The van der Waals surface area contributed by atoms with Gasteiger partial charge in [-0.25, -0.2) is 0 Å². The van der Waals surface area contributed by atoms with Crippen molar-refractivity contribution in [2.24, 2.45) is 0 Å². The first kappa shape index (κ1) is 22.3. The maximum atomic E-state index is 12.0. The molecule has 3 rings (SSSR count). The molecule has 0 spiro atoms. The first-order chi connectivity index (χ1) is 14.4. The Balaban J connectivity index is 1.35. The topological polar surface area (TPSA) is 124 Å². The quantitative estimate of drug-likeness (QED) is 0.301. The van der Waals surface area contributed by atoms with E-state index in [0.717, 1.165) is 3.57 Å². The maximum absolute atomic E-state index is 12.0. The lowest BCUT2D eigenvalue weighted by atomic mass is 10.3. The minimum atomic E-state index is -0.537. The van der Waals surface area contributed by atoms with Gasteiger partial charge in [-0.2, -0.15) is 10.1 Å². The second-order valence-electron chi connectivity index (χ2n) is 5.84. The minimum Gasteiger partial charge on any atom is -0.484 e. The smallest absolute Gasteiger partial charge is 0.316 e. The molecule has 0 fully saturated rings. The van der Waals surface area contributed by atoms with E-state index in [2.05, 4.69) is 48.5 Å². The molecule has 0 radical (unpaired) electrons. The van der Waals surface area contributed by atoms with Crippen LogP contribution in [0.3, 0.4) is 0 Å². The fourth-order valence-electron chi connectivity index (χ4n) is 2.20. The highest BCUT2D eigenvalue weighted by Gasteiger charge is 2.15. The van der Waals surface area contributed by atoms with Crippen LogP contribution in [0.15, 0.2) is 35.1 Å². The summed E-state index contributed by atoms with van der Waals surface area (Å²) < 4.78 is 12.9. The number of aromatic nitrogens is 4. The van der Waals surface area contributed by atoms with Crippen LogP contribution in [0.4, 0.5) is 0 Å². The molecule has 0 saturated heterocycles. The van der Waals surface area contributed by atoms with Gasteiger partial charge in [0.25, 0.3) is 5.91 Å². The van der Waals surface area contributed by atoms with Gasteiger partial charge >= 0.3 is 11.8 Å². The number of hydrogen-bond acceptors (Lipinski definition) is 7. The normalized spacial score (nSPS) is 10.6. The molecule has 1 aromatic carbocycles. The number of rotatable bonds is 9. The molecule has 0 atom stereocenters. The first-order valence-electron chi connectivity index (χ1n) is 8.54. The van der Waals surface area contributed by atoms with E-state index in [4.69, 9.17) is 32.5 Å². The molecule has 2 aromatic heterocycles. The van der Waals surface area contributed by atoms with Crippen molar-refractivity contribution in [3.63, 3.8) is 0 Å². The van der Waals surface area contributed by atoms with E-state index in [1.165, 1.54) is 6.07 Å². The van der Waals surface area contributed by atoms with Crippen molar-refractivity contribution >= 4 is 57.6 Å². The zero-order chi connectivity index (χ0) is 21.5. The average molecular weight is 565 g/mol. The summed E-state index contributed by atoms with van der Waals surface area (Å²) in [6.45, 7) is 0.453. The van der Waals surface area contributed by atoms with Gasteiger partial charge in [0.2, 0.25) is 0 Å². The SMILES string of the molecule is O=C(COc1ccc(Cl)c(Cl)c1)NCCNC(=O)c1nc(Cn2cc(I)cn2)no1. The van der Waals surface area contributed by atoms with Crippen molar-refractivity contribution in [2.45, 2.75) is 6.54 Å². The van der Waals surface area contributed by atoms with Crippen LogP contribution in [0.1, 0.15) is 16.5 Å². The highest BCUT2D eigenvalue weighted by Crippen LogP contribution is 2.26. The Kier molecular flexibility index (Phi) is 7.87. The van der Waals surface area contributed by atoms with Crippen molar-refractivity contribution in [3.8, 4) is 5.75 Å². The molecule has 2 heterocycles. The van der Waals surface area contributed by atoms with E-state index < -0.39 is 5.91 Å². The molecular formula is C17H15Cl2IN6O4. The van der Waals surface area contributed by atoms with E-state index in [-0.39, 0.29) is 38.0 Å². The van der Waals surface area contributed by atoms with Gasteiger partial charge in [0, 0.05) is 25.4 Å². The molecule has 0 aliphatic rings. The second-order valence-corrected chi connectivity index (χ2v) is 7.90. The van der Waals surface area contributed by atoms with E-state index in [1.807, 2.05) is 6.20 Å². The van der Waals surface area contributed by atoms with E-state index in [0.29, 0.717) is 21.6 Å². The van der Waals surface area contributed by atoms with Crippen LogP contribution in [0.25, 0.3) is 0 Å². The monoisotopic (exact) mass is 564 g/mol. The molecule has 2 amide bonds. The van der Waals surface area contributed by atoms with Crippen molar-refractivity contribution in [1.82, 2.24) is 30.6 Å². The average Bonchev–Trinajstić information content (AvgIpc) is 3.35. The molecule has 2 N–H and O–H groups in total. The Labute approximate surface area is 194 Å². The third-order valence-electron chi connectivity index (χ3n) is 3.56. The number of nitrogens with zero attached hydrogens (tertiary/aromatic N) is 4. The Morgan fingerprint density at radius 2 is 2.00 bits per heavy atom. The highest BCUT2D eigenvalue weighted by molar-refractivity contribution is 14.1. The van der Waals surface area contributed by atoms with Gasteiger partial charge in [-0.1, -0.05) is 28.4 Å². The number of ether oxygens (including phenoxy) is 1. The van der Waals surface area contributed by atoms with Crippen LogP contribution in [0.5, 0.6) is 5.75 Å². The van der Waals surface area contributed by atoms with Gasteiger partial charge in [0.1, 0.15) is 12.3 Å². The van der Waals surface area contributed by atoms with Crippen LogP contribution in [-0.2, 0) is 11.3 Å². The van der Waals surface area contributed by atoms with Crippen LogP contribution in [0.2, 0.25) is 10.0 Å².